The molecule has 28 heavy (non-hydrogen) atoms. The molecule has 0 atom stereocenters. The van der Waals surface area contributed by atoms with Crippen molar-refractivity contribution in [1.82, 2.24) is 15.6 Å². The van der Waals surface area contributed by atoms with Gasteiger partial charge in [-0.15, -0.1) is 24.0 Å². The number of aromatic nitrogens is 1. The molecule has 1 aromatic heterocycles. The number of nitrogens with one attached hydrogen (secondary N) is 3. The van der Waals surface area contributed by atoms with Crippen LogP contribution < -0.4 is 20.1 Å². The van der Waals surface area contributed by atoms with Gasteiger partial charge in [-0.3, -0.25) is 4.99 Å². The highest BCUT2D eigenvalue weighted by Gasteiger charge is 2.20. The van der Waals surface area contributed by atoms with Crippen LogP contribution in [0, 0.1) is 5.92 Å². The van der Waals surface area contributed by atoms with Gasteiger partial charge in [0.25, 0.3) is 0 Å². The van der Waals surface area contributed by atoms with Crippen molar-refractivity contribution < 1.29 is 9.47 Å². The second kappa shape index (κ2) is 11.4. The molecule has 3 N–H and O–H groups in total. The topological polar surface area (TPSA) is 70.7 Å². The van der Waals surface area contributed by atoms with Crippen LogP contribution in [0.25, 0.3) is 10.9 Å². The van der Waals surface area contributed by atoms with Gasteiger partial charge in [0.05, 0.1) is 19.7 Å². The summed E-state index contributed by atoms with van der Waals surface area (Å²) in [6, 6.07) is 6.09. The van der Waals surface area contributed by atoms with Crippen molar-refractivity contribution in [3.63, 3.8) is 0 Å². The molecule has 1 aliphatic rings. The molecule has 0 spiro atoms. The molecule has 2 aromatic rings. The van der Waals surface area contributed by atoms with Gasteiger partial charge in [-0.2, -0.15) is 0 Å². The number of aromatic amines is 1. The van der Waals surface area contributed by atoms with Crippen LogP contribution in [-0.4, -0.2) is 44.8 Å². The van der Waals surface area contributed by atoms with Crippen LogP contribution in [0.15, 0.2) is 23.2 Å². The fraction of sp³-hybridized carbons (Fsp3) is 0.571. The standard InChI is InChI=1S/C21H32N4O2.HI/c1-4-22-21(24-11-9-15-7-8-15)23-10-5-6-16-12-18-19(25-16)13-17(26-2)14-20(18)27-3;/h12-15,25H,4-11H2,1-3H3,(H2,22,23,24);1H. The lowest BCUT2D eigenvalue weighted by Crippen LogP contribution is -2.38. The molecule has 3 rings (SSSR count). The number of methoxy groups -OCH3 is 2. The van der Waals surface area contributed by atoms with Gasteiger partial charge in [-0.05, 0) is 38.2 Å². The smallest absolute Gasteiger partial charge is 0.191 e. The minimum atomic E-state index is 0. The van der Waals surface area contributed by atoms with Crippen molar-refractivity contribution >= 4 is 40.8 Å². The molecule has 0 radical (unpaired) electrons. The number of benzene rings is 1. The number of aryl methyl sites for hydroxylation is 1. The van der Waals surface area contributed by atoms with Crippen molar-refractivity contribution in [1.29, 1.82) is 0 Å². The summed E-state index contributed by atoms with van der Waals surface area (Å²) in [5.41, 5.74) is 2.23. The van der Waals surface area contributed by atoms with Gasteiger partial charge in [0.1, 0.15) is 11.5 Å². The minimum Gasteiger partial charge on any atom is -0.497 e. The molecule has 1 saturated carbocycles. The molecule has 0 aliphatic heterocycles. The summed E-state index contributed by atoms with van der Waals surface area (Å²) in [4.78, 5) is 8.17. The van der Waals surface area contributed by atoms with Gasteiger partial charge >= 0.3 is 0 Å². The molecule has 1 heterocycles. The molecule has 1 aliphatic carbocycles. The summed E-state index contributed by atoms with van der Waals surface area (Å²) < 4.78 is 10.8. The average Bonchev–Trinajstić information content (AvgIpc) is 3.41. The first-order valence-electron chi connectivity index (χ1n) is 9.99. The first kappa shape index (κ1) is 22.6. The van der Waals surface area contributed by atoms with Gasteiger partial charge in [-0.25, -0.2) is 0 Å². The van der Waals surface area contributed by atoms with Crippen molar-refractivity contribution in [2.45, 2.75) is 39.0 Å². The van der Waals surface area contributed by atoms with E-state index >= 15 is 0 Å². The maximum absolute atomic E-state index is 5.49. The number of hydrogen-bond acceptors (Lipinski definition) is 3. The van der Waals surface area contributed by atoms with Crippen LogP contribution in [0.2, 0.25) is 0 Å². The van der Waals surface area contributed by atoms with Crippen LogP contribution in [-0.2, 0) is 6.42 Å². The summed E-state index contributed by atoms with van der Waals surface area (Å²) in [6.45, 7) is 4.80. The summed E-state index contributed by atoms with van der Waals surface area (Å²) in [6.07, 6.45) is 5.99. The van der Waals surface area contributed by atoms with E-state index in [4.69, 9.17) is 14.5 Å². The maximum atomic E-state index is 5.49. The van der Waals surface area contributed by atoms with E-state index in [9.17, 15) is 0 Å². The molecular weight excluding hydrogens is 467 g/mol. The summed E-state index contributed by atoms with van der Waals surface area (Å²) in [5, 5.41) is 7.86. The van der Waals surface area contributed by atoms with E-state index in [0.717, 1.165) is 66.8 Å². The Morgan fingerprint density at radius 2 is 2.00 bits per heavy atom. The molecule has 7 heteroatoms. The number of hydrogen-bond donors (Lipinski definition) is 3. The Morgan fingerprint density at radius 3 is 2.68 bits per heavy atom. The fourth-order valence-electron chi connectivity index (χ4n) is 3.26. The molecule has 156 valence electrons. The molecule has 1 aromatic carbocycles. The Morgan fingerprint density at radius 1 is 1.18 bits per heavy atom. The SMILES string of the molecule is CCNC(=NCCCc1cc2c(OC)cc(OC)cc2[nH]1)NCCC1CC1.I. The molecular formula is C21H33IN4O2. The van der Waals surface area contributed by atoms with E-state index in [1.807, 2.05) is 12.1 Å². The quantitative estimate of drug-likeness (QED) is 0.199. The van der Waals surface area contributed by atoms with Gasteiger partial charge in [0.2, 0.25) is 0 Å². The predicted octanol–water partition coefficient (Wildman–Crippen LogP) is 4.09. The molecule has 1 fully saturated rings. The minimum absolute atomic E-state index is 0. The summed E-state index contributed by atoms with van der Waals surface area (Å²) in [7, 11) is 3.36. The van der Waals surface area contributed by atoms with E-state index in [1.54, 1.807) is 14.2 Å². The summed E-state index contributed by atoms with van der Waals surface area (Å²) >= 11 is 0. The maximum Gasteiger partial charge on any atom is 0.191 e. The summed E-state index contributed by atoms with van der Waals surface area (Å²) in [5.74, 6) is 3.50. The normalized spacial score (nSPS) is 13.9. The lowest BCUT2D eigenvalue weighted by molar-refractivity contribution is 0.398. The van der Waals surface area contributed by atoms with Gasteiger partial charge < -0.3 is 25.1 Å². The number of guanidine groups is 1. The zero-order chi connectivity index (χ0) is 19.1. The predicted molar refractivity (Wildman–Crippen MR) is 126 cm³/mol. The Kier molecular flexibility index (Phi) is 9.21. The molecule has 0 bridgehead atoms. The Labute approximate surface area is 184 Å². The first-order valence-corrected chi connectivity index (χ1v) is 9.99. The highest BCUT2D eigenvalue weighted by Crippen LogP contribution is 2.32. The van der Waals surface area contributed by atoms with Crippen LogP contribution in [0.5, 0.6) is 11.5 Å². The number of nitrogens with zero attached hydrogens (tertiary/aromatic N) is 1. The van der Waals surface area contributed by atoms with Crippen LogP contribution >= 0.6 is 24.0 Å². The zero-order valence-electron chi connectivity index (χ0n) is 17.1. The largest absolute Gasteiger partial charge is 0.497 e. The molecule has 6 nitrogen and oxygen atoms in total. The Bertz CT molecular complexity index is 771. The Hall–Kier alpha value is -1.64. The van der Waals surface area contributed by atoms with Crippen molar-refractivity contribution in [3.8, 4) is 11.5 Å². The second-order valence-electron chi connectivity index (χ2n) is 7.11. The highest BCUT2D eigenvalue weighted by atomic mass is 127. The van der Waals surface area contributed by atoms with Crippen molar-refractivity contribution in [2.24, 2.45) is 10.9 Å². The van der Waals surface area contributed by atoms with Gasteiger partial charge in [0, 0.05) is 42.8 Å². The third-order valence-corrected chi connectivity index (χ3v) is 4.95. The van der Waals surface area contributed by atoms with Gasteiger partial charge in [0.15, 0.2) is 5.96 Å². The molecule has 0 unspecified atom stereocenters. The lowest BCUT2D eigenvalue weighted by Gasteiger charge is -2.10. The third kappa shape index (κ3) is 6.46. The van der Waals surface area contributed by atoms with E-state index in [0.29, 0.717) is 0 Å². The average molecular weight is 500 g/mol. The highest BCUT2D eigenvalue weighted by molar-refractivity contribution is 14.0. The van der Waals surface area contributed by atoms with Crippen LogP contribution in [0.1, 0.15) is 38.3 Å². The molecule has 0 amide bonds. The van der Waals surface area contributed by atoms with Gasteiger partial charge in [-0.1, -0.05) is 12.8 Å². The zero-order valence-corrected chi connectivity index (χ0v) is 19.5. The monoisotopic (exact) mass is 500 g/mol. The lowest BCUT2D eigenvalue weighted by atomic mass is 10.2. The van der Waals surface area contributed by atoms with Crippen LogP contribution in [0.4, 0.5) is 0 Å². The number of ether oxygens (including phenoxy) is 2. The van der Waals surface area contributed by atoms with E-state index in [1.165, 1.54) is 25.0 Å². The number of fused-ring (bicyclic) bond motifs is 1. The number of H-pyrrole nitrogens is 1. The van der Waals surface area contributed by atoms with Crippen molar-refractivity contribution in [3.05, 3.63) is 23.9 Å². The molecule has 0 saturated heterocycles. The van der Waals surface area contributed by atoms with E-state index in [-0.39, 0.29) is 24.0 Å². The van der Waals surface area contributed by atoms with E-state index in [2.05, 4.69) is 28.6 Å². The second-order valence-corrected chi connectivity index (χ2v) is 7.11. The first-order chi connectivity index (χ1) is 13.2. The Balaban J connectivity index is 0.00000280. The third-order valence-electron chi connectivity index (χ3n) is 4.95. The fourth-order valence-corrected chi connectivity index (χ4v) is 3.26. The van der Waals surface area contributed by atoms with E-state index < -0.39 is 0 Å². The number of rotatable bonds is 10. The van der Waals surface area contributed by atoms with Crippen molar-refractivity contribution in [2.75, 3.05) is 33.9 Å². The number of halogens is 1. The van der Waals surface area contributed by atoms with Crippen LogP contribution in [0.3, 0.4) is 0 Å². The number of aliphatic imine (C=N–C) groups is 1.